The predicted molar refractivity (Wildman–Crippen MR) is 125 cm³/mol. The molecule has 1 aliphatic rings. The minimum absolute atomic E-state index is 0.0760. The molecule has 1 unspecified atom stereocenters. The van der Waals surface area contributed by atoms with Gasteiger partial charge in [-0.1, -0.05) is 30.3 Å². The fraction of sp³-hybridized carbons (Fsp3) is 0.360. The van der Waals surface area contributed by atoms with Gasteiger partial charge in [0, 0.05) is 38.0 Å². The van der Waals surface area contributed by atoms with E-state index in [2.05, 4.69) is 10.4 Å². The molecule has 4 rings (SSSR count). The number of amides is 2. The van der Waals surface area contributed by atoms with Crippen molar-refractivity contribution in [3.63, 3.8) is 0 Å². The predicted octanol–water partition coefficient (Wildman–Crippen LogP) is 2.18. The molecule has 2 heterocycles. The zero-order chi connectivity index (χ0) is 23.4. The van der Waals surface area contributed by atoms with Crippen LogP contribution in [-0.4, -0.2) is 46.2 Å². The number of carbonyl (C=O) groups excluding carboxylic acids is 2. The average molecular weight is 449 g/mol. The Hall–Kier alpha value is -3.68. The van der Waals surface area contributed by atoms with E-state index in [1.54, 1.807) is 26.3 Å². The second-order valence-electron chi connectivity index (χ2n) is 8.36. The van der Waals surface area contributed by atoms with Gasteiger partial charge in [-0.2, -0.15) is 5.10 Å². The molecule has 1 atom stereocenters. The Morgan fingerprint density at radius 3 is 2.70 bits per heavy atom. The van der Waals surface area contributed by atoms with Gasteiger partial charge in [0.05, 0.1) is 24.6 Å². The standard InChI is InChI=1S/C25H28N4O4/c1-28-25(32)21-9-4-3-8-20(21)22(27-28)15-23(30)26-18-10-11-24(31)29(13-12-18)16-17-6-5-7-19(14-17)33-2/h3-9,14,18H,10-13,15-16H2,1-2H3,(H,26,30). The van der Waals surface area contributed by atoms with E-state index >= 15 is 0 Å². The summed E-state index contributed by atoms with van der Waals surface area (Å²) >= 11 is 0. The minimum atomic E-state index is -0.187. The number of aromatic nitrogens is 2. The highest BCUT2D eigenvalue weighted by molar-refractivity contribution is 5.88. The van der Waals surface area contributed by atoms with E-state index in [1.165, 1.54) is 4.68 Å². The maximum absolute atomic E-state index is 12.8. The van der Waals surface area contributed by atoms with Crippen LogP contribution in [0, 0.1) is 0 Å². The van der Waals surface area contributed by atoms with E-state index < -0.39 is 0 Å². The zero-order valence-corrected chi connectivity index (χ0v) is 18.9. The third kappa shape index (κ3) is 5.22. The number of methoxy groups -OCH3 is 1. The van der Waals surface area contributed by atoms with Crippen LogP contribution in [-0.2, 0) is 29.6 Å². The number of fused-ring (bicyclic) bond motifs is 1. The van der Waals surface area contributed by atoms with Gasteiger partial charge in [0.15, 0.2) is 0 Å². The van der Waals surface area contributed by atoms with Gasteiger partial charge in [0.25, 0.3) is 5.56 Å². The first-order chi connectivity index (χ1) is 15.9. The molecule has 0 aliphatic carbocycles. The van der Waals surface area contributed by atoms with Crippen molar-refractivity contribution in [2.75, 3.05) is 13.7 Å². The lowest BCUT2D eigenvalue weighted by Gasteiger charge is -2.21. The van der Waals surface area contributed by atoms with Crippen LogP contribution in [0.5, 0.6) is 5.75 Å². The van der Waals surface area contributed by atoms with Crippen molar-refractivity contribution in [1.29, 1.82) is 0 Å². The summed E-state index contributed by atoms with van der Waals surface area (Å²) < 4.78 is 6.54. The summed E-state index contributed by atoms with van der Waals surface area (Å²) in [4.78, 5) is 39.6. The van der Waals surface area contributed by atoms with Crippen molar-refractivity contribution in [3.05, 3.63) is 70.1 Å². The minimum Gasteiger partial charge on any atom is -0.497 e. The monoisotopic (exact) mass is 448 g/mol. The molecular weight excluding hydrogens is 420 g/mol. The van der Waals surface area contributed by atoms with E-state index in [1.807, 2.05) is 41.3 Å². The molecule has 1 saturated heterocycles. The normalized spacial score (nSPS) is 16.5. The molecule has 1 fully saturated rings. The van der Waals surface area contributed by atoms with Gasteiger partial charge in [0.1, 0.15) is 5.75 Å². The number of hydrogen-bond acceptors (Lipinski definition) is 5. The Morgan fingerprint density at radius 2 is 1.91 bits per heavy atom. The first kappa shape index (κ1) is 22.5. The highest BCUT2D eigenvalue weighted by atomic mass is 16.5. The molecule has 2 aromatic carbocycles. The SMILES string of the molecule is COc1cccc(CN2CCC(NC(=O)Cc3nn(C)c(=O)c4ccccc34)CCC2=O)c1. The summed E-state index contributed by atoms with van der Waals surface area (Å²) in [6, 6.07) is 14.8. The van der Waals surface area contributed by atoms with Crippen molar-refractivity contribution >= 4 is 22.6 Å². The lowest BCUT2D eigenvalue weighted by molar-refractivity contribution is -0.131. The van der Waals surface area contributed by atoms with Gasteiger partial charge in [-0.05, 0) is 36.6 Å². The Kier molecular flexibility index (Phi) is 6.72. The highest BCUT2D eigenvalue weighted by Gasteiger charge is 2.24. The number of rotatable bonds is 6. The van der Waals surface area contributed by atoms with Gasteiger partial charge in [0.2, 0.25) is 11.8 Å². The van der Waals surface area contributed by atoms with Gasteiger partial charge in [-0.25, -0.2) is 4.68 Å². The first-order valence-electron chi connectivity index (χ1n) is 11.1. The number of aryl methyl sites for hydroxylation is 1. The quantitative estimate of drug-likeness (QED) is 0.624. The smallest absolute Gasteiger partial charge is 0.274 e. The molecule has 1 aliphatic heterocycles. The number of ether oxygens (including phenoxy) is 1. The summed E-state index contributed by atoms with van der Waals surface area (Å²) in [5, 5.41) is 8.61. The Labute approximate surface area is 192 Å². The molecule has 33 heavy (non-hydrogen) atoms. The highest BCUT2D eigenvalue weighted by Crippen LogP contribution is 2.19. The molecular formula is C25H28N4O4. The first-order valence-corrected chi connectivity index (χ1v) is 11.1. The van der Waals surface area contributed by atoms with Crippen LogP contribution in [0.25, 0.3) is 10.8 Å². The molecule has 3 aromatic rings. The van der Waals surface area contributed by atoms with Crippen LogP contribution in [0.3, 0.4) is 0 Å². The van der Waals surface area contributed by atoms with Gasteiger partial charge >= 0.3 is 0 Å². The van der Waals surface area contributed by atoms with E-state index in [4.69, 9.17) is 4.74 Å². The fourth-order valence-electron chi connectivity index (χ4n) is 4.28. The van der Waals surface area contributed by atoms with Gasteiger partial charge in [-0.3, -0.25) is 14.4 Å². The number of nitrogens with one attached hydrogen (secondary N) is 1. The molecule has 0 radical (unpaired) electrons. The molecule has 2 amide bonds. The zero-order valence-electron chi connectivity index (χ0n) is 18.9. The fourth-order valence-corrected chi connectivity index (χ4v) is 4.28. The molecule has 1 aromatic heterocycles. The number of hydrogen-bond donors (Lipinski definition) is 1. The largest absolute Gasteiger partial charge is 0.497 e. The molecule has 172 valence electrons. The van der Waals surface area contributed by atoms with E-state index in [0.29, 0.717) is 48.8 Å². The number of benzene rings is 2. The number of nitrogens with zero attached hydrogens (tertiary/aromatic N) is 3. The topological polar surface area (TPSA) is 93.5 Å². The maximum atomic E-state index is 12.8. The maximum Gasteiger partial charge on any atom is 0.274 e. The molecule has 0 bridgehead atoms. The van der Waals surface area contributed by atoms with E-state index in [9.17, 15) is 14.4 Å². The Bertz CT molecular complexity index is 1240. The van der Waals surface area contributed by atoms with Gasteiger partial charge in [-0.15, -0.1) is 0 Å². The molecule has 0 saturated carbocycles. The third-order valence-corrected chi connectivity index (χ3v) is 6.04. The van der Waals surface area contributed by atoms with Crippen LogP contribution in [0.2, 0.25) is 0 Å². The lowest BCUT2D eigenvalue weighted by Crippen LogP contribution is -2.37. The Morgan fingerprint density at radius 1 is 1.12 bits per heavy atom. The van der Waals surface area contributed by atoms with Crippen LogP contribution in [0.1, 0.15) is 30.5 Å². The third-order valence-electron chi connectivity index (χ3n) is 6.04. The number of likely N-dealkylation sites (tertiary alicyclic amines) is 1. The summed E-state index contributed by atoms with van der Waals surface area (Å²) in [7, 11) is 3.21. The van der Waals surface area contributed by atoms with E-state index in [0.717, 1.165) is 11.3 Å². The van der Waals surface area contributed by atoms with Crippen LogP contribution in [0.4, 0.5) is 0 Å². The summed E-state index contributed by atoms with van der Waals surface area (Å²) in [6.07, 6.45) is 1.74. The summed E-state index contributed by atoms with van der Waals surface area (Å²) in [6.45, 7) is 1.09. The molecule has 8 nitrogen and oxygen atoms in total. The molecule has 8 heteroatoms. The lowest BCUT2D eigenvalue weighted by atomic mass is 10.1. The second kappa shape index (κ2) is 9.85. The van der Waals surface area contributed by atoms with Crippen molar-refractivity contribution in [2.24, 2.45) is 7.05 Å². The molecule has 0 spiro atoms. The summed E-state index contributed by atoms with van der Waals surface area (Å²) in [5.74, 6) is 0.685. The van der Waals surface area contributed by atoms with Crippen molar-refractivity contribution < 1.29 is 14.3 Å². The van der Waals surface area contributed by atoms with Crippen molar-refractivity contribution in [3.8, 4) is 5.75 Å². The number of carbonyl (C=O) groups is 2. The Balaban J connectivity index is 1.40. The second-order valence-corrected chi connectivity index (χ2v) is 8.36. The van der Waals surface area contributed by atoms with Gasteiger partial charge < -0.3 is 15.0 Å². The van der Waals surface area contributed by atoms with Crippen LogP contribution < -0.4 is 15.6 Å². The average Bonchev–Trinajstić information content (AvgIpc) is 2.99. The van der Waals surface area contributed by atoms with Crippen LogP contribution >= 0.6 is 0 Å². The summed E-state index contributed by atoms with van der Waals surface area (Å²) in [5.41, 5.74) is 1.39. The van der Waals surface area contributed by atoms with Crippen molar-refractivity contribution in [1.82, 2.24) is 20.0 Å². The van der Waals surface area contributed by atoms with Crippen LogP contribution in [0.15, 0.2) is 53.3 Å². The van der Waals surface area contributed by atoms with Crippen molar-refractivity contribution in [2.45, 2.75) is 38.3 Å². The van der Waals surface area contributed by atoms with E-state index in [-0.39, 0.29) is 29.8 Å². The molecule has 1 N–H and O–H groups in total.